The lowest BCUT2D eigenvalue weighted by Gasteiger charge is -2.38. The van der Waals surface area contributed by atoms with E-state index in [2.05, 4.69) is 62.5 Å². The summed E-state index contributed by atoms with van der Waals surface area (Å²) < 4.78 is 0. The van der Waals surface area contributed by atoms with Crippen molar-refractivity contribution in [2.75, 3.05) is 71.5 Å². The van der Waals surface area contributed by atoms with Crippen LogP contribution in [0.4, 0.5) is 0 Å². The van der Waals surface area contributed by atoms with Gasteiger partial charge in [0.25, 0.3) is 0 Å². The molecule has 133 heavy (non-hydrogen) atoms. The number of likely N-dealkylation sites (N-methyl/N-ethyl adjacent to an activating group) is 2. The zero-order valence-corrected chi connectivity index (χ0v) is 76.4. The fraction of sp³-hybridized carbons (Fsp3) is 0.533. The van der Waals surface area contributed by atoms with Crippen molar-refractivity contribution in [3.8, 4) is 5.75 Å². The van der Waals surface area contributed by atoms with E-state index in [-0.39, 0.29) is 108 Å². The number of primary amides is 3. The maximum absolute atomic E-state index is 15.7. The predicted molar refractivity (Wildman–Crippen MR) is 488 cm³/mol. The number of hydrogen-bond donors (Lipinski definition) is 16. The maximum atomic E-state index is 15.7. The van der Waals surface area contributed by atoms with Crippen LogP contribution < -0.4 is 59.7 Å². The number of piperidine rings is 1. The first-order chi connectivity index (χ1) is 63.7. The summed E-state index contributed by atoms with van der Waals surface area (Å²) >= 11 is 0.873. The Morgan fingerprint density at radius 3 is 1.74 bits per heavy atom. The summed E-state index contributed by atoms with van der Waals surface area (Å²) in [5, 5.41) is 44.7. The fourth-order valence-electron chi connectivity index (χ4n) is 17.7. The van der Waals surface area contributed by atoms with Gasteiger partial charge in [0, 0.05) is 162 Å². The van der Waals surface area contributed by atoms with Crippen LogP contribution in [0.5, 0.6) is 5.75 Å². The van der Waals surface area contributed by atoms with Crippen LogP contribution in [0.1, 0.15) is 152 Å². The van der Waals surface area contributed by atoms with E-state index in [0.29, 0.717) is 82.7 Å². The van der Waals surface area contributed by atoms with Crippen LogP contribution in [0.25, 0.3) is 21.8 Å². The number of carbonyl (C=O) groups is 18. The van der Waals surface area contributed by atoms with Crippen molar-refractivity contribution in [1.29, 1.82) is 0 Å². The van der Waals surface area contributed by atoms with E-state index in [0.717, 1.165) is 16.7 Å². The van der Waals surface area contributed by atoms with E-state index in [1.54, 1.807) is 60.9 Å². The molecule has 41 heteroatoms. The first-order valence-electron chi connectivity index (χ1n) is 45.4. The van der Waals surface area contributed by atoms with Crippen molar-refractivity contribution in [2.24, 2.45) is 35.0 Å². The average Bonchev–Trinajstić information content (AvgIpc) is 1.79. The number of aliphatic hydroxyl groups is 1. The largest absolute Gasteiger partial charge is 0.508 e. The van der Waals surface area contributed by atoms with Crippen LogP contribution in [0.2, 0.25) is 0 Å². The number of benzene rings is 3. The number of aromatic nitrogens is 4. The van der Waals surface area contributed by atoms with Crippen molar-refractivity contribution >= 4 is 140 Å². The number of Topliss-reactive ketones (excluding diaryl/α,β-unsaturated/α-hetero) is 3. The maximum Gasteiger partial charge on any atom is 0.246 e. The van der Waals surface area contributed by atoms with Gasteiger partial charge in [0.1, 0.15) is 54.1 Å². The Morgan fingerprint density at radius 1 is 0.526 bits per heavy atom. The Morgan fingerprint density at radius 2 is 1.10 bits per heavy atom. The number of amides is 15. The minimum atomic E-state index is -1.86. The van der Waals surface area contributed by atoms with Gasteiger partial charge in [-0.2, -0.15) is 11.8 Å². The highest BCUT2D eigenvalue weighted by Gasteiger charge is 2.46. The van der Waals surface area contributed by atoms with Crippen LogP contribution in [-0.4, -0.2) is 299 Å². The van der Waals surface area contributed by atoms with Gasteiger partial charge >= 0.3 is 0 Å². The van der Waals surface area contributed by atoms with Gasteiger partial charge in [0.2, 0.25) is 88.6 Å². The molecule has 14 atom stereocenters. The minimum absolute atomic E-state index is 0.0105. The molecule has 0 radical (unpaired) electrons. The van der Waals surface area contributed by atoms with Crippen LogP contribution in [0.15, 0.2) is 97.7 Å². The number of rotatable bonds is 23. The van der Waals surface area contributed by atoms with Gasteiger partial charge < -0.3 is 109 Å². The van der Waals surface area contributed by atoms with Crippen molar-refractivity contribution in [1.82, 2.24) is 87.0 Å². The standard InChI is InChI=1S/C92H124N20O20S/c1-6-8-21-71-85(125)102-52(3)75(115)40-58(82(122)100-47-80(95)120)49-133-50-81(121)103-67(35-53-25-28-60(114)29-26-53)91(131)110-32-15-14-23-70(110)77(117)39-55(41-79(94)119)89(129)111-33-16-24-72(111)86(126)104-65(42-59-45-97-51-101-59)76(116)38-54(27-30-78(93)118)88(128)112-34-31-96-46-74(112)87(127)105-66(36-56-43-98-63-19-12-10-17-61(56)63)83(123)107-69(48-113)84(124)106-68(37-57-44-99-64-20-13-11-18-62(57)64)90(130)109(5)73(22-9-7-2)92(132)108(71)4/h10-13,17-20,25-26,28-29,43-45,51-52,54-55,58,65-74,96,98-99,113-114H,6-9,14-16,21-24,27,30-42,46-50H2,1-5H3,(H2,93,118)(H2,94,119)(H2,95,120)(H,97,101)(H,100,122)(H,102,125)(H,103,121)(H,104,126)(H,105,127)(H,106,124)(H,107,123)/t52-,54+,55-,58-,65-,66-,67-,68-,69-,70-,71-,72-,73-,74-/m0/s1. The lowest BCUT2D eigenvalue weighted by Crippen LogP contribution is -2.64. The Hall–Kier alpha value is -12.9. The number of thioether (sulfide) groups is 1. The molecule has 4 fully saturated rings. The molecule has 4 aliphatic rings. The van der Waals surface area contributed by atoms with Crippen LogP contribution >= 0.6 is 11.8 Å². The molecule has 19 N–H and O–H groups in total. The third kappa shape index (κ3) is 27.9. The average molecular weight is 1860 g/mol. The molecule has 0 bridgehead atoms. The van der Waals surface area contributed by atoms with E-state index in [1.807, 2.05) is 13.8 Å². The number of nitrogens with one attached hydrogen (secondary N) is 11. The summed E-state index contributed by atoms with van der Waals surface area (Å²) in [5.74, 6) is -20.0. The second-order valence-corrected chi connectivity index (χ2v) is 35.8. The number of imidazole rings is 1. The smallest absolute Gasteiger partial charge is 0.246 e. The zero-order chi connectivity index (χ0) is 96.3. The summed E-state index contributed by atoms with van der Waals surface area (Å²) in [6.45, 7) is 2.99. The topological polar surface area (TPSA) is 598 Å². The summed E-state index contributed by atoms with van der Waals surface area (Å²) in [7, 11) is 2.74. The number of fused-ring (bicyclic) bond motifs is 5. The van der Waals surface area contributed by atoms with E-state index in [1.165, 1.54) is 77.4 Å². The van der Waals surface area contributed by atoms with Gasteiger partial charge in [-0.05, 0) is 99.2 Å². The first-order valence-corrected chi connectivity index (χ1v) is 46.5. The van der Waals surface area contributed by atoms with E-state index in [9.17, 15) is 43.8 Å². The summed E-state index contributed by atoms with van der Waals surface area (Å²) in [5.41, 5.74) is 20.1. The number of piperazine rings is 1. The molecule has 6 aromatic rings. The minimum Gasteiger partial charge on any atom is -0.508 e. The van der Waals surface area contributed by atoms with Gasteiger partial charge in [0.15, 0.2) is 17.3 Å². The highest BCUT2D eigenvalue weighted by molar-refractivity contribution is 7.99. The number of ketones is 3. The number of aliphatic hydroxyl groups excluding tert-OH is 1. The number of phenolic OH excluding ortho intramolecular Hbond substituents is 1. The van der Waals surface area contributed by atoms with Crippen molar-refractivity contribution in [3.63, 3.8) is 0 Å². The number of aromatic amines is 3. The molecule has 7 heterocycles. The highest BCUT2D eigenvalue weighted by Crippen LogP contribution is 2.31. The Bertz CT molecular complexity index is 5180. The van der Waals surface area contributed by atoms with E-state index >= 15 is 52.7 Å². The molecular weight excluding hydrogens is 1740 g/mol. The third-order valence-electron chi connectivity index (χ3n) is 25.1. The molecule has 3 aromatic carbocycles. The van der Waals surface area contributed by atoms with E-state index in [4.69, 9.17) is 17.2 Å². The highest BCUT2D eigenvalue weighted by atomic mass is 32.2. The molecule has 4 aliphatic heterocycles. The monoisotopic (exact) mass is 1860 g/mol. The van der Waals surface area contributed by atoms with E-state index < -0.39 is 241 Å². The molecule has 3 aromatic heterocycles. The van der Waals surface area contributed by atoms with Crippen LogP contribution in [0.3, 0.4) is 0 Å². The zero-order valence-electron chi connectivity index (χ0n) is 75.6. The molecule has 15 amide bonds. The van der Waals surface area contributed by atoms with Gasteiger partial charge in [0.05, 0.1) is 55.2 Å². The molecule has 4 saturated heterocycles. The molecule has 0 spiro atoms. The second kappa shape index (κ2) is 49.0. The number of aromatic hydroxyl groups is 1. The molecule has 40 nitrogen and oxygen atoms in total. The number of nitrogens with zero attached hydrogens (tertiary/aromatic N) is 6. The third-order valence-corrected chi connectivity index (χ3v) is 26.2. The molecule has 10 rings (SSSR count). The Balaban J connectivity index is 1.01. The van der Waals surface area contributed by atoms with Crippen molar-refractivity contribution < 1.29 is 96.5 Å². The van der Waals surface area contributed by atoms with Gasteiger partial charge in [-0.1, -0.05) is 88.1 Å². The van der Waals surface area contributed by atoms with Gasteiger partial charge in [-0.3, -0.25) is 86.3 Å². The summed E-state index contributed by atoms with van der Waals surface area (Å²) in [4.78, 5) is 283. The normalized spacial score (nSPS) is 25.1. The Kier molecular flexibility index (Phi) is 37.6. The molecule has 718 valence electrons. The van der Waals surface area contributed by atoms with Crippen molar-refractivity contribution in [3.05, 3.63) is 120 Å². The molecule has 0 unspecified atom stereocenters. The quantitative estimate of drug-likeness (QED) is 0.0391. The second-order valence-electron chi connectivity index (χ2n) is 34.7. The number of H-pyrrole nitrogens is 3. The number of carbonyl (C=O) groups excluding carboxylic acids is 18. The van der Waals surface area contributed by atoms with Crippen LogP contribution in [-0.2, 0) is 112 Å². The lowest BCUT2D eigenvalue weighted by atomic mass is 9.89. The summed E-state index contributed by atoms with van der Waals surface area (Å²) in [6.07, 6.45) is 4.62. The number of nitrogens with two attached hydrogens (primary N) is 3. The first kappa shape index (κ1) is 102. The number of para-hydroxylation sites is 2. The van der Waals surface area contributed by atoms with Gasteiger partial charge in [-0.15, -0.1) is 0 Å². The molecule has 0 saturated carbocycles. The molecular formula is C92H124N20O20S. The Labute approximate surface area is 773 Å². The van der Waals surface area contributed by atoms with Crippen molar-refractivity contribution in [2.45, 2.75) is 222 Å². The predicted octanol–water partition coefficient (Wildman–Crippen LogP) is -0.308. The summed E-state index contributed by atoms with van der Waals surface area (Å²) in [6, 6.07) is 4.01. The fourth-order valence-corrected chi connectivity index (χ4v) is 18.6. The number of phenols is 1. The number of unbranched alkanes of at least 4 members (excludes halogenated alkanes) is 2. The lowest BCUT2D eigenvalue weighted by molar-refractivity contribution is -0.149. The van der Waals surface area contributed by atoms with Gasteiger partial charge in [-0.25, -0.2) is 4.98 Å². The van der Waals surface area contributed by atoms with Crippen LogP contribution in [0, 0.1) is 17.8 Å². The SMILES string of the molecule is CCCC[C@H]1C(=O)N(C)[C@@H](CCCC)C(=O)N[C@@H](C)C(=O)C[C@H](C(=O)NCC(N)=O)CSCC(=O)N[C@@H](Cc2ccc(O)cc2)C(=O)N2CCCC[C@H]2C(=O)C[C@@H](CC(N)=O)C(=O)N2CCC[C@H]2C(=O)N[C@@H](Cc2cnc[nH]2)C(=O)C[C@@H](CCC(N)=O)C(=O)N2CCNC[C@H]2C(=O)N[C@@H](Cc2c[nH]c3ccccc23)C(=O)N[C@@H](CO)C(=O)N[C@@H](Cc2c[nH]c3ccccc23)C(=O)N1C. The molecule has 0 aliphatic carbocycles. The number of hydrogen-bond acceptors (Lipinski definition) is 23.